The summed E-state index contributed by atoms with van der Waals surface area (Å²) in [6, 6.07) is 15.4. The molecule has 2 aromatic rings. The van der Waals surface area contributed by atoms with E-state index < -0.39 is 0 Å². The summed E-state index contributed by atoms with van der Waals surface area (Å²) in [4.78, 5) is 0. The van der Waals surface area contributed by atoms with E-state index in [1.165, 1.54) is 40.7 Å². The lowest BCUT2D eigenvalue weighted by Crippen LogP contribution is -2.02. The molecule has 0 N–H and O–H groups in total. The molecule has 0 spiro atoms. The summed E-state index contributed by atoms with van der Waals surface area (Å²) in [7, 11) is 0. The first-order valence-corrected chi connectivity index (χ1v) is 5.63. The average Bonchev–Trinajstić information content (AvgIpc) is 2.26. The molecule has 15 heavy (non-hydrogen) atoms. The molecule has 0 radical (unpaired) electrons. The van der Waals surface area contributed by atoms with Gasteiger partial charge in [-0.25, -0.2) is 0 Å². The van der Waals surface area contributed by atoms with E-state index in [1.807, 2.05) is 0 Å². The monoisotopic (exact) mass is 194 g/mol. The first-order chi connectivity index (χ1) is 7.42. The molecule has 0 bridgehead atoms. The van der Waals surface area contributed by atoms with Gasteiger partial charge in [0.1, 0.15) is 0 Å². The van der Waals surface area contributed by atoms with Crippen LogP contribution in [0.3, 0.4) is 0 Å². The minimum Gasteiger partial charge on any atom is -0.0651 e. The van der Waals surface area contributed by atoms with Crippen LogP contribution in [-0.2, 0) is 6.42 Å². The van der Waals surface area contributed by atoms with E-state index in [2.05, 4.69) is 49.4 Å². The topological polar surface area (TPSA) is 0 Å². The molecule has 2 aromatic carbocycles. The lowest BCUT2D eigenvalue weighted by Gasteiger charge is -2.26. The highest BCUT2D eigenvalue weighted by Gasteiger charge is 2.23. The van der Waals surface area contributed by atoms with Crippen LogP contribution in [0.15, 0.2) is 42.5 Å². The van der Waals surface area contributed by atoms with Gasteiger partial charge in [-0.1, -0.05) is 55.8 Å². The highest BCUT2D eigenvalue weighted by molar-refractivity contribution is 6.03. The molecule has 0 unspecified atom stereocenters. The minimum atomic E-state index is 1.19. The van der Waals surface area contributed by atoms with Gasteiger partial charge >= 0.3 is 0 Å². The fraction of sp³-hybridized carbons (Fsp3) is 0.200. The van der Waals surface area contributed by atoms with Crippen LogP contribution >= 0.6 is 0 Å². The van der Waals surface area contributed by atoms with Gasteiger partial charge in [0.15, 0.2) is 0 Å². The Kier molecular flexibility index (Phi) is 1.88. The Hall–Kier alpha value is -1.56. The van der Waals surface area contributed by atoms with Gasteiger partial charge in [-0.2, -0.15) is 0 Å². The van der Waals surface area contributed by atoms with E-state index in [-0.39, 0.29) is 0 Å². The lowest BCUT2D eigenvalue weighted by atomic mass is 9.77. The standard InChI is InChI=1S/C15H14/c1-2-6-11-7-5-10-14-12-8-3-4-9-13(12)15(11)14/h3-5,7-10H,2,6H2,1H3. The Morgan fingerprint density at radius 1 is 0.800 bits per heavy atom. The minimum absolute atomic E-state index is 1.19. The summed E-state index contributed by atoms with van der Waals surface area (Å²) in [5.74, 6) is 0. The maximum Gasteiger partial charge on any atom is -0.00669 e. The average molecular weight is 194 g/mol. The molecule has 0 aromatic heterocycles. The van der Waals surface area contributed by atoms with E-state index in [1.54, 1.807) is 0 Å². The predicted octanol–water partition coefficient (Wildman–Crippen LogP) is 4.29. The maximum absolute atomic E-state index is 2.26. The molecule has 0 saturated carbocycles. The Morgan fingerprint density at radius 2 is 1.53 bits per heavy atom. The van der Waals surface area contributed by atoms with Crippen LogP contribution in [0.1, 0.15) is 18.9 Å². The number of aryl methyl sites for hydroxylation is 1. The summed E-state index contributed by atoms with van der Waals surface area (Å²) >= 11 is 0. The molecule has 0 amide bonds. The molecule has 1 aliphatic carbocycles. The van der Waals surface area contributed by atoms with Crippen molar-refractivity contribution in [3.05, 3.63) is 48.0 Å². The zero-order valence-corrected chi connectivity index (χ0v) is 8.96. The molecule has 0 nitrogen and oxygen atoms in total. The number of hydrogen-bond acceptors (Lipinski definition) is 0. The van der Waals surface area contributed by atoms with Crippen LogP contribution in [0.25, 0.3) is 22.3 Å². The van der Waals surface area contributed by atoms with Crippen molar-refractivity contribution < 1.29 is 0 Å². The third-order valence-electron chi connectivity index (χ3n) is 3.16. The first-order valence-electron chi connectivity index (χ1n) is 5.63. The zero-order chi connectivity index (χ0) is 10.3. The molecule has 3 rings (SSSR count). The third-order valence-corrected chi connectivity index (χ3v) is 3.16. The van der Waals surface area contributed by atoms with Crippen molar-refractivity contribution in [3.8, 4) is 22.3 Å². The summed E-state index contributed by atoms with van der Waals surface area (Å²) in [5, 5.41) is 0. The van der Waals surface area contributed by atoms with Gasteiger partial charge in [0.25, 0.3) is 0 Å². The van der Waals surface area contributed by atoms with Gasteiger partial charge in [-0.15, -0.1) is 0 Å². The van der Waals surface area contributed by atoms with E-state index in [0.29, 0.717) is 0 Å². The molecule has 0 saturated heterocycles. The van der Waals surface area contributed by atoms with Crippen molar-refractivity contribution in [3.63, 3.8) is 0 Å². The second-order valence-electron chi connectivity index (χ2n) is 4.14. The van der Waals surface area contributed by atoms with Crippen molar-refractivity contribution in [2.24, 2.45) is 0 Å². The van der Waals surface area contributed by atoms with Crippen LogP contribution in [0.2, 0.25) is 0 Å². The molecule has 0 heterocycles. The largest absolute Gasteiger partial charge is 0.0651 e. The smallest absolute Gasteiger partial charge is 0.00669 e. The molecule has 0 aliphatic heterocycles. The van der Waals surface area contributed by atoms with E-state index in [9.17, 15) is 0 Å². The summed E-state index contributed by atoms with van der Waals surface area (Å²) < 4.78 is 0. The van der Waals surface area contributed by atoms with Gasteiger partial charge in [0, 0.05) is 0 Å². The predicted molar refractivity (Wildman–Crippen MR) is 64.9 cm³/mol. The highest BCUT2D eigenvalue weighted by atomic mass is 14.3. The molecular formula is C15H14. The fourth-order valence-corrected chi connectivity index (χ4v) is 2.49. The number of benzene rings is 2. The Balaban J connectivity index is 2.16. The molecular weight excluding hydrogens is 180 g/mol. The van der Waals surface area contributed by atoms with E-state index in [0.717, 1.165) is 0 Å². The van der Waals surface area contributed by atoms with Crippen molar-refractivity contribution in [1.82, 2.24) is 0 Å². The second kappa shape index (κ2) is 3.23. The van der Waals surface area contributed by atoms with Crippen LogP contribution < -0.4 is 0 Å². The zero-order valence-electron chi connectivity index (χ0n) is 8.96. The summed E-state index contributed by atoms with van der Waals surface area (Å²) in [6.07, 6.45) is 2.41. The quantitative estimate of drug-likeness (QED) is 0.571. The van der Waals surface area contributed by atoms with Gasteiger partial charge in [-0.05, 0) is 34.2 Å². The first kappa shape index (κ1) is 8.72. The Bertz CT molecular complexity index is 509. The SMILES string of the molecule is CCCc1cccc2c1-c1ccccc1-2. The number of rotatable bonds is 2. The van der Waals surface area contributed by atoms with Crippen LogP contribution in [0.4, 0.5) is 0 Å². The second-order valence-corrected chi connectivity index (χ2v) is 4.14. The van der Waals surface area contributed by atoms with Crippen molar-refractivity contribution in [2.45, 2.75) is 19.8 Å². The van der Waals surface area contributed by atoms with Gasteiger partial charge < -0.3 is 0 Å². The Morgan fingerprint density at radius 3 is 2.33 bits per heavy atom. The molecule has 74 valence electrons. The fourth-order valence-electron chi connectivity index (χ4n) is 2.49. The molecule has 1 aliphatic rings. The van der Waals surface area contributed by atoms with Crippen LogP contribution in [0.5, 0.6) is 0 Å². The molecule has 0 atom stereocenters. The van der Waals surface area contributed by atoms with Gasteiger partial charge in [0.2, 0.25) is 0 Å². The van der Waals surface area contributed by atoms with Gasteiger partial charge in [0.05, 0.1) is 0 Å². The number of fused-ring (bicyclic) bond motifs is 4. The van der Waals surface area contributed by atoms with E-state index >= 15 is 0 Å². The van der Waals surface area contributed by atoms with E-state index in [4.69, 9.17) is 0 Å². The maximum atomic E-state index is 2.26. The van der Waals surface area contributed by atoms with Gasteiger partial charge in [-0.3, -0.25) is 0 Å². The summed E-state index contributed by atoms with van der Waals surface area (Å²) in [5.41, 5.74) is 7.31. The Labute approximate surface area is 90.6 Å². The normalized spacial score (nSPS) is 11.5. The molecule has 0 heteroatoms. The van der Waals surface area contributed by atoms with Crippen molar-refractivity contribution in [1.29, 1.82) is 0 Å². The number of hydrogen-bond donors (Lipinski definition) is 0. The van der Waals surface area contributed by atoms with Crippen molar-refractivity contribution >= 4 is 0 Å². The third kappa shape index (κ3) is 1.14. The van der Waals surface area contributed by atoms with Crippen LogP contribution in [-0.4, -0.2) is 0 Å². The summed E-state index contributed by atoms with van der Waals surface area (Å²) in [6.45, 7) is 2.24. The van der Waals surface area contributed by atoms with Crippen molar-refractivity contribution in [2.75, 3.05) is 0 Å². The highest BCUT2D eigenvalue weighted by Crippen LogP contribution is 2.48. The molecule has 0 fully saturated rings. The van der Waals surface area contributed by atoms with Crippen LogP contribution in [0, 0.1) is 0 Å². The lowest BCUT2D eigenvalue weighted by molar-refractivity contribution is 0.923.